The second-order valence-electron chi connectivity index (χ2n) is 1.91. The van der Waals surface area contributed by atoms with Crippen molar-refractivity contribution in [3.63, 3.8) is 0 Å². The van der Waals surface area contributed by atoms with Gasteiger partial charge in [0.05, 0.1) is 5.02 Å². The van der Waals surface area contributed by atoms with Crippen molar-refractivity contribution in [2.24, 2.45) is 0 Å². The van der Waals surface area contributed by atoms with Crippen LogP contribution in [0, 0.1) is 0 Å². The molecule has 0 amide bonds. The fourth-order valence-electron chi connectivity index (χ4n) is 0.654. The molecule has 0 bridgehead atoms. The molecular formula is C6H5ClHgO3S. The average Bonchev–Trinajstić information content (AvgIpc) is 1.86. The van der Waals surface area contributed by atoms with Gasteiger partial charge in [-0.2, -0.15) is 8.42 Å². The summed E-state index contributed by atoms with van der Waals surface area (Å²) in [5, 5.41) is 0.0231. The van der Waals surface area contributed by atoms with Crippen molar-refractivity contribution in [3.05, 3.63) is 29.3 Å². The Balaban J connectivity index is 0.00000121. The summed E-state index contributed by atoms with van der Waals surface area (Å²) in [7, 11) is -4.17. The molecule has 1 N–H and O–H groups in total. The van der Waals surface area contributed by atoms with Gasteiger partial charge in [-0.15, -0.1) is 0 Å². The van der Waals surface area contributed by atoms with Crippen LogP contribution in [-0.2, 0) is 37.8 Å². The van der Waals surface area contributed by atoms with E-state index in [-0.39, 0.29) is 37.6 Å². The molecule has 1 aromatic carbocycles. The van der Waals surface area contributed by atoms with E-state index in [1.165, 1.54) is 18.2 Å². The van der Waals surface area contributed by atoms with Gasteiger partial charge in [-0.3, -0.25) is 4.55 Å². The maximum Gasteiger partial charge on any atom is 0.296 e. The Morgan fingerprint density at radius 1 is 1.25 bits per heavy atom. The molecule has 62 valence electrons. The van der Waals surface area contributed by atoms with E-state index >= 15 is 0 Å². The molecule has 0 aliphatic rings. The summed E-state index contributed by atoms with van der Waals surface area (Å²) in [4.78, 5) is -0.262. The molecule has 12 heavy (non-hydrogen) atoms. The van der Waals surface area contributed by atoms with Crippen molar-refractivity contribution < 1.29 is 40.6 Å². The Kier molecular flexibility index (Phi) is 4.69. The zero-order valence-corrected chi connectivity index (χ0v) is 13.1. The van der Waals surface area contributed by atoms with Crippen LogP contribution in [0.2, 0.25) is 5.02 Å². The summed E-state index contributed by atoms with van der Waals surface area (Å²) in [6, 6.07) is 5.69. The molecule has 0 fully saturated rings. The summed E-state index contributed by atoms with van der Waals surface area (Å²) in [6.45, 7) is 0. The van der Waals surface area contributed by atoms with Crippen LogP contribution in [0.3, 0.4) is 0 Å². The molecule has 0 radical (unpaired) electrons. The molecule has 0 aliphatic heterocycles. The van der Waals surface area contributed by atoms with Gasteiger partial charge in [-0.1, -0.05) is 23.7 Å². The van der Waals surface area contributed by atoms with Crippen molar-refractivity contribution >= 4 is 21.7 Å². The zero-order valence-electron chi connectivity index (χ0n) is 6.07. The normalized spacial score (nSPS) is 10.5. The fraction of sp³-hybridized carbons (Fsp3) is 0. The second-order valence-corrected chi connectivity index (χ2v) is 3.70. The first-order valence-corrected chi connectivity index (χ1v) is 4.55. The van der Waals surface area contributed by atoms with Crippen LogP contribution in [0.25, 0.3) is 0 Å². The summed E-state index contributed by atoms with van der Waals surface area (Å²) in [5.41, 5.74) is 0. The molecular weight excluding hydrogens is 388 g/mol. The monoisotopic (exact) mass is 394 g/mol. The largest absolute Gasteiger partial charge is 0.296 e. The van der Waals surface area contributed by atoms with Crippen LogP contribution in [0.4, 0.5) is 0 Å². The molecule has 0 aliphatic carbocycles. The van der Waals surface area contributed by atoms with E-state index in [2.05, 4.69) is 0 Å². The van der Waals surface area contributed by atoms with Crippen LogP contribution >= 0.6 is 11.6 Å². The van der Waals surface area contributed by atoms with E-state index in [4.69, 9.17) is 16.2 Å². The molecule has 0 saturated carbocycles. The van der Waals surface area contributed by atoms with E-state index in [9.17, 15) is 8.42 Å². The summed E-state index contributed by atoms with van der Waals surface area (Å²) in [6.07, 6.45) is 0. The van der Waals surface area contributed by atoms with Crippen molar-refractivity contribution in [3.8, 4) is 0 Å². The van der Waals surface area contributed by atoms with Gasteiger partial charge in [0.15, 0.2) is 0 Å². The topological polar surface area (TPSA) is 54.4 Å². The third kappa shape index (κ3) is 3.01. The quantitative estimate of drug-likeness (QED) is 0.583. The molecule has 0 unspecified atom stereocenters. The minimum Gasteiger partial charge on any atom is -0.282 e. The summed E-state index contributed by atoms with van der Waals surface area (Å²) < 4.78 is 29.6. The van der Waals surface area contributed by atoms with E-state index in [1.54, 1.807) is 6.07 Å². The first kappa shape index (κ1) is 12.4. The summed E-state index contributed by atoms with van der Waals surface area (Å²) in [5.74, 6) is 0. The van der Waals surface area contributed by atoms with Gasteiger partial charge in [0, 0.05) is 27.7 Å². The Morgan fingerprint density at radius 2 is 1.75 bits per heavy atom. The summed E-state index contributed by atoms with van der Waals surface area (Å²) >= 11 is 5.47. The van der Waals surface area contributed by atoms with Crippen molar-refractivity contribution in [1.82, 2.24) is 0 Å². The van der Waals surface area contributed by atoms with Crippen LogP contribution in [0.15, 0.2) is 29.2 Å². The number of hydrogen-bond acceptors (Lipinski definition) is 2. The maximum absolute atomic E-state index is 10.5. The number of halogens is 1. The fourth-order valence-corrected chi connectivity index (χ4v) is 1.65. The Bertz CT molecular complexity index is 363. The predicted molar refractivity (Wildman–Crippen MR) is 41.3 cm³/mol. The molecule has 1 rings (SSSR count). The Hall–Kier alpha value is 0.355. The smallest absolute Gasteiger partial charge is 0.282 e. The molecule has 3 nitrogen and oxygen atoms in total. The molecule has 0 aromatic heterocycles. The molecule has 1 aromatic rings. The number of rotatable bonds is 1. The predicted octanol–water partition coefficient (Wildman–Crippen LogP) is 1.58. The van der Waals surface area contributed by atoms with E-state index in [0.29, 0.717) is 0 Å². The van der Waals surface area contributed by atoms with Crippen molar-refractivity contribution in [1.29, 1.82) is 0 Å². The van der Waals surface area contributed by atoms with Crippen LogP contribution in [0.1, 0.15) is 0 Å². The third-order valence-corrected chi connectivity index (χ3v) is 2.47. The number of hydrogen-bond donors (Lipinski definition) is 1. The molecule has 0 saturated heterocycles. The van der Waals surface area contributed by atoms with Gasteiger partial charge in [-0.25, -0.2) is 0 Å². The van der Waals surface area contributed by atoms with Crippen LogP contribution in [0.5, 0.6) is 0 Å². The Labute approximate surface area is 96.0 Å². The molecule has 0 atom stereocenters. The molecule has 6 heteroatoms. The van der Waals surface area contributed by atoms with Crippen LogP contribution in [-0.4, -0.2) is 13.0 Å². The first-order valence-electron chi connectivity index (χ1n) is 2.74. The second kappa shape index (κ2) is 4.55. The van der Waals surface area contributed by atoms with Gasteiger partial charge in [0.1, 0.15) is 4.90 Å². The van der Waals surface area contributed by atoms with E-state index in [1.807, 2.05) is 0 Å². The number of benzene rings is 1. The minimum absolute atomic E-state index is 0. The van der Waals surface area contributed by atoms with E-state index < -0.39 is 10.1 Å². The van der Waals surface area contributed by atoms with Crippen molar-refractivity contribution in [2.75, 3.05) is 0 Å². The third-order valence-electron chi connectivity index (χ3n) is 1.11. The van der Waals surface area contributed by atoms with Gasteiger partial charge >= 0.3 is 0 Å². The average molecular weight is 393 g/mol. The van der Waals surface area contributed by atoms with Gasteiger partial charge in [-0.05, 0) is 12.1 Å². The van der Waals surface area contributed by atoms with Crippen molar-refractivity contribution in [2.45, 2.75) is 4.90 Å². The zero-order chi connectivity index (χ0) is 8.48. The van der Waals surface area contributed by atoms with Crippen LogP contribution < -0.4 is 0 Å². The minimum atomic E-state index is -4.17. The van der Waals surface area contributed by atoms with Gasteiger partial charge in [0.25, 0.3) is 10.1 Å². The molecule has 0 spiro atoms. The van der Waals surface area contributed by atoms with Gasteiger partial charge < -0.3 is 0 Å². The SMILES string of the molecule is O=S(=O)(O)c1ccccc1Cl.[Hg]. The van der Waals surface area contributed by atoms with Gasteiger partial charge in [0.2, 0.25) is 0 Å². The maximum atomic E-state index is 10.5. The Morgan fingerprint density at radius 3 is 2.08 bits per heavy atom. The van der Waals surface area contributed by atoms with E-state index in [0.717, 1.165) is 0 Å². The first-order chi connectivity index (χ1) is 5.02. The molecule has 0 heterocycles. The standard InChI is InChI=1S/C6H5ClO3S.Hg/c7-5-3-1-2-4-6(5)11(8,9)10;/h1-4H,(H,8,9,10);.